The maximum absolute atomic E-state index is 11.9. The lowest BCUT2D eigenvalue weighted by molar-refractivity contribution is 0.0280. The fraction of sp³-hybridized carbons (Fsp3) is 0.613. The van der Waals surface area contributed by atoms with Gasteiger partial charge in [0.2, 0.25) is 0 Å². The lowest BCUT2D eigenvalue weighted by Crippen LogP contribution is -2.34. The van der Waals surface area contributed by atoms with Crippen LogP contribution in [-0.2, 0) is 23.8 Å². The van der Waals surface area contributed by atoms with Gasteiger partial charge in [-0.3, -0.25) is 14.2 Å². The van der Waals surface area contributed by atoms with Crippen molar-refractivity contribution in [2.75, 3.05) is 33.4 Å². The fourth-order valence-corrected chi connectivity index (χ4v) is 4.31. The van der Waals surface area contributed by atoms with Crippen molar-refractivity contribution in [2.45, 2.75) is 90.6 Å². The first-order valence-electron chi connectivity index (χ1n) is 14.5. The Labute approximate surface area is 262 Å². The molecule has 248 valence electrons. The lowest BCUT2D eigenvalue weighted by Gasteiger charge is -2.25. The Morgan fingerprint density at radius 3 is 1.64 bits per heavy atom. The summed E-state index contributed by atoms with van der Waals surface area (Å²) in [5.41, 5.74) is 0.444. The van der Waals surface area contributed by atoms with E-state index in [1.165, 1.54) is 9.80 Å². The van der Waals surface area contributed by atoms with Gasteiger partial charge >= 0.3 is 12.2 Å². The van der Waals surface area contributed by atoms with Crippen molar-refractivity contribution < 1.29 is 36.8 Å². The molecule has 0 bridgehead atoms. The molecule has 0 fully saturated rings. The van der Waals surface area contributed by atoms with E-state index in [-0.39, 0.29) is 6.09 Å². The molecule has 2 atom stereocenters. The molecule has 13 heteroatoms. The number of carbonyl (C=O) groups is 2. The van der Waals surface area contributed by atoms with Crippen molar-refractivity contribution in [3.05, 3.63) is 60.2 Å². The van der Waals surface area contributed by atoms with Crippen molar-refractivity contribution in [1.29, 1.82) is 0 Å². The molecular formula is C31H50N4O8S. The first-order chi connectivity index (χ1) is 20.3. The molecule has 0 unspecified atom stereocenters. The van der Waals surface area contributed by atoms with E-state index in [9.17, 15) is 23.1 Å². The molecule has 0 aliphatic heterocycles. The number of ether oxygens (including phenoxy) is 2. The summed E-state index contributed by atoms with van der Waals surface area (Å²) in [7, 11) is -0.253. The third-order valence-corrected chi connectivity index (χ3v) is 6.34. The summed E-state index contributed by atoms with van der Waals surface area (Å²) in [6.07, 6.45) is 7.89. The summed E-state index contributed by atoms with van der Waals surface area (Å²) in [4.78, 5) is 34.6. The second kappa shape index (κ2) is 17.9. The molecule has 0 radical (unpaired) electrons. The van der Waals surface area contributed by atoms with Crippen LogP contribution >= 0.6 is 0 Å². The molecule has 2 aromatic rings. The number of nitrogens with zero attached hydrogens (tertiary/aromatic N) is 4. The van der Waals surface area contributed by atoms with Crippen molar-refractivity contribution in [3.8, 4) is 0 Å². The molecule has 44 heavy (non-hydrogen) atoms. The second-order valence-corrected chi connectivity index (χ2v) is 14.1. The summed E-state index contributed by atoms with van der Waals surface area (Å²) >= 11 is 0. The van der Waals surface area contributed by atoms with E-state index in [0.717, 1.165) is 11.8 Å². The van der Waals surface area contributed by atoms with Crippen molar-refractivity contribution in [2.24, 2.45) is 0 Å². The molecular weight excluding hydrogens is 588 g/mol. The van der Waals surface area contributed by atoms with Crippen molar-refractivity contribution in [1.82, 2.24) is 19.8 Å². The molecule has 2 heterocycles. The number of amides is 2. The first-order valence-corrected chi connectivity index (χ1v) is 16.3. The van der Waals surface area contributed by atoms with E-state index in [2.05, 4.69) is 9.97 Å². The standard InChI is InChI=1S/C16H26N2O5S.C15H24N2O3/c1-16(2,3)22-15(19)18(4)11-7-9-14(23-24(5,20)21)13-8-6-10-17-12-13;1-15(2,3)20-14(19)17(4)10-6-8-13(18)12-7-5-9-16-11-12/h6,8,10,12,14H,7,9,11H2,1-5H3;5,7,9,11,13,18H,6,8,10H2,1-4H3/t14-;13-/m11/s1. The topological polar surface area (TPSA) is 148 Å². The molecule has 0 aliphatic rings. The van der Waals surface area contributed by atoms with Crippen LogP contribution in [0.2, 0.25) is 0 Å². The van der Waals surface area contributed by atoms with Gasteiger partial charge in [-0.2, -0.15) is 8.42 Å². The molecule has 2 aromatic heterocycles. The predicted octanol–water partition coefficient (Wildman–Crippen LogP) is 5.51. The fourth-order valence-electron chi connectivity index (χ4n) is 3.69. The van der Waals surface area contributed by atoms with Gasteiger partial charge in [0.1, 0.15) is 17.3 Å². The SMILES string of the molecule is CN(CCC[C@@H](O)c1cccnc1)C(=O)OC(C)(C)C.CN(CCC[C@@H](OS(C)(=O)=O)c1cccnc1)C(=O)OC(C)(C)C. The summed E-state index contributed by atoms with van der Waals surface area (Å²) in [6, 6.07) is 7.13. The number of carbonyl (C=O) groups excluding carboxylic acids is 2. The van der Waals surface area contributed by atoms with Gasteiger partial charge in [-0.15, -0.1) is 0 Å². The van der Waals surface area contributed by atoms with Gasteiger partial charge in [-0.25, -0.2) is 9.59 Å². The van der Waals surface area contributed by atoms with Crippen molar-refractivity contribution in [3.63, 3.8) is 0 Å². The summed E-state index contributed by atoms with van der Waals surface area (Å²) in [6.45, 7) is 11.9. The van der Waals surface area contributed by atoms with Crippen LogP contribution in [0.4, 0.5) is 9.59 Å². The average molecular weight is 639 g/mol. The zero-order valence-corrected chi connectivity index (χ0v) is 28.3. The normalized spacial score (nSPS) is 13.1. The van der Waals surface area contributed by atoms with Gasteiger partial charge in [0, 0.05) is 57.5 Å². The van der Waals surface area contributed by atoms with Crippen LogP contribution in [0.5, 0.6) is 0 Å². The first kappa shape index (κ1) is 38.7. The molecule has 12 nitrogen and oxygen atoms in total. The molecule has 0 aliphatic carbocycles. The molecule has 0 saturated carbocycles. The minimum absolute atomic E-state index is 0.339. The van der Waals surface area contributed by atoms with Crippen LogP contribution < -0.4 is 0 Å². The second-order valence-electron chi connectivity index (χ2n) is 12.5. The summed E-state index contributed by atoms with van der Waals surface area (Å²) in [5, 5.41) is 9.98. The Morgan fingerprint density at radius 2 is 1.25 bits per heavy atom. The minimum Gasteiger partial charge on any atom is -0.444 e. The quantitative estimate of drug-likeness (QED) is 0.295. The number of pyridine rings is 2. The summed E-state index contributed by atoms with van der Waals surface area (Å²) < 4.78 is 38.6. The maximum atomic E-state index is 11.9. The zero-order chi connectivity index (χ0) is 33.6. The van der Waals surface area contributed by atoms with Crippen LogP contribution in [0.15, 0.2) is 49.1 Å². The van der Waals surface area contributed by atoms with Gasteiger partial charge in [-0.05, 0) is 84.9 Å². The van der Waals surface area contributed by atoms with Gasteiger partial charge in [0.15, 0.2) is 0 Å². The molecule has 0 spiro atoms. The van der Waals surface area contributed by atoms with E-state index < -0.39 is 39.6 Å². The molecule has 1 N–H and O–H groups in total. The highest BCUT2D eigenvalue weighted by Gasteiger charge is 2.22. The van der Waals surface area contributed by atoms with Gasteiger partial charge in [0.05, 0.1) is 12.4 Å². The Balaban J connectivity index is 0.000000447. The van der Waals surface area contributed by atoms with E-state index in [4.69, 9.17) is 13.7 Å². The highest BCUT2D eigenvalue weighted by atomic mass is 32.2. The highest BCUT2D eigenvalue weighted by molar-refractivity contribution is 7.86. The summed E-state index contributed by atoms with van der Waals surface area (Å²) in [5.74, 6) is 0. The average Bonchev–Trinajstić information content (AvgIpc) is 2.91. The van der Waals surface area contributed by atoms with Gasteiger partial charge in [-0.1, -0.05) is 12.1 Å². The van der Waals surface area contributed by atoms with Crippen LogP contribution in [0.1, 0.15) is 90.6 Å². The van der Waals surface area contributed by atoms with Crippen LogP contribution in [0.3, 0.4) is 0 Å². The van der Waals surface area contributed by atoms with Crippen LogP contribution in [0, 0.1) is 0 Å². The Kier molecular flexibility index (Phi) is 15.7. The van der Waals surface area contributed by atoms with Gasteiger partial charge < -0.3 is 24.4 Å². The number of aliphatic hydroxyl groups excluding tert-OH is 1. The molecule has 2 amide bonds. The third kappa shape index (κ3) is 17.7. The Bertz CT molecular complexity index is 1230. The number of rotatable bonds is 12. The monoisotopic (exact) mass is 638 g/mol. The van der Waals surface area contributed by atoms with Crippen LogP contribution in [-0.4, -0.2) is 90.1 Å². The van der Waals surface area contributed by atoms with E-state index in [0.29, 0.717) is 44.3 Å². The number of hydrogen-bond acceptors (Lipinski definition) is 10. The number of aliphatic hydroxyl groups is 1. The Morgan fingerprint density at radius 1 is 0.818 bits per heavy atom. The van der Waals surface area contributed by atoms with E-state index in [1.54, 1.807) is 77.9 Å². The Hall–Kier alpha value is -3.29. The molecule has 0 saturated heterocycles. The van der Waals surface area contributed by atoms with E-state index >= 15 is 0 Å². The van der Waals surface area contributed by atoms with Crippen molar-refractivity contribution >= 4 is 22.3 Å². The van der Waals surface area contributed by atoms with E-state index in [1.807, 2.05) is 26.8 Å². The highest BCUT2D eigenvalue weighted by Crippen LogP contribution is 2.24. The molecule has 2 rings (SSSR count). The smallest absolute Gasteiger partial charge is 0.410 e. The predicted molar refractivity (Wildman–Crippen MR) is 168 cm³/mol. The molecule has 0 aromatic carbocycles. The third-order valence-electron chi connectivity index (χ3n) is 5.76. The maximum Gasteiger partial charge on any atom is 0.410 e. The number of hydrogen-bond donors (Lipinski definition) is 1. The zero-order valence-electron chi connectivity index (χ0n) is 27.5. The number of aromatic nitrogens is 2. The van der Waals surface area contributed by atoms with Gasteiger partial charge in [0.25, 0.3) is 10.1 Å². The minimum atomic E-state index is -3.60. The van der Waals surface area contributed by atoms with Crippen LogP contribution in [0.25, 0.3) is 0 Å². The largest absolute Gasteiger partial charge is 0.444 e. The lowest BCUT2D eigenvalue weighted by atomic mass is 10.1.